The van der Waals surface area contributed by atoms with Gasteiger partial charge in [0.15, 0.2) is 0 Å². The Morgan fingerprint density at radius 3 is 1.94 bits per heavy atom. The first kappa shape index (κ1) is 24.4. The van der Waals surface area contributed by atoms with Crippen LogP contribution in [0.1, 0.15) is 17.2 Å². The maximum absolute atomic E-state index is 13.3. The highest BCUT2D eigenvalue weighted by atomic mass is 32.2. The van der Waals surface area contributed by atoms with E-state index < -0.39 is 26.1 Å². The van der Waals surface area contributed by atoms with E-state index in [0.717, 1.165) is 11.1 Å². The molecule has 0 aliphatic carbocycles. The highest BCUT2D eigenvalue weighted by Gasteiger charge is 2.28. The number of benzene rings is 3. The van der Waals surface area contributed by atoms with E-state index in [4.69, 9.17) is 9.47 Å². The number of morpholine rings is 1. The van der Waals surface area contributed by atoms with Gasteiger partial charge in [-0.1, -0.05) is 42.5 Å². The van der Waals surface area contributed by atoms with Crippen LogP contribution in [0.15, 0.2) is 88.7 Å². The van der Waals surface area contributed by atoms with Crippen LogP contribution >= 0.6 is 0 Å². The van der Waals surface area contributed by atoms with Gasteiger partial charge in [-0.25, -0.2) is 16.8 Å². The van der Waals surface area contributed by atoms with Crippen LogP contribution in [0.5, 0.6) is 5.75 Å². The fourth-order valence-corrected chi connectivity index (χ4v) is 6.34. The van der Waals surface area contributed by atoms with Crippen molar-refractivity contribution < 1.29 is 26.3 Å². The number of methoxy groups -OCH3 is 1. The molecule has 10 heteroatoms. The van der Waals surface area contributed by atoms with Gasteiger partial charge in [0.1, 0.15) is 5.75 Å². The Labute approximate surface area is 200 Å². The molecule has 0 aromatic heterocycles. The van der Waals surface area contributed by atoms with Gasteiger partial charge in [0.25, 0.3) is 0 Å². The predicted octanol–water partition coefficient (Wildman–Crippen LogP) is 2.78. The maximum Gasteiger partial charge on any atom is 0.243 e. The number of hydrogen-bond acceptors (Lipinski definition) is 6. The summed E-state index contributed by atoms with van der Waals surface area (Å²) in [7, 11) is -6.12. The SMILES string of the molecule is COc1ccc(C(NS(=O)(=O)c2ccc(S(=O)(=O)N3CCOCC3)cc2)c2ccccc2)cc1. The van der Waals surface area contributed by atoms with Crippen LogP contribution in [0.2, 0.25) is 0 Å². The molecule has 0 radical (unpaired) electrons. The normalized spacial score (nSPS) is 16.1. The first-order valence-corrected chi connectivity index (χ1v) is 13.6. The average molecular weight is 503 g/mol. The van der Waals surface area contributed by atoms with E-state index in [9.17, 15) is 16.8 Å². The molecule has 8 nitrogen and oxygen atoms in total. The molecule has 0 spiro atoms. The van der Waals surface area contributed by atoms with Crippen molar-refractivity contribution in [2.24, 2.45) is 0 Å². The van der Waals surface area contributed by atoms with Gasteiger partial charge >= 0.3 is 0 Å². The summed E-state index contributed by atoms with van der Waals surface area (Å²) in [6.07, 6.45) is 0. The van der Waals surface area contributed by atoms with Crippen molar-refractivity contribution >= 4 is 20.0 Å². The number of nitrogens with one attached hydrogen (secondary N) is 1. The average Bonchev–Trinajstić information content (AvgIpc) is 2.88. The van der Waals surface area contributed by atoms with Crippen molar-refractivity contribution in [1.29, 1.82) is 0 Å². The van der Waals surface area contributed by atoms with E-state index in [1.54, 1.807) is 31.4 Å². The molecule has 1 saturated heterocycles. The first-order chi connectivity index (χ1) is 16.3. The molecule has 3 aromatic carbocycles. The van der Waals surface area contributed by atoms with E-state index >= 15 is 0 Å². The second-order valence-corrected chi connectivity index (χ2v) is 11.4. The highest BCUT2D eigenvalue weighted by molar-refractivity contribution is 7.89. The lowest BCUT2D eigenvalue weighted by Gasteiger charge is -2.26. The summed E-state index contributed by atoms with van der Waals surface area (Å²) in [6.45, 7) is 1.21. The third-order valence-corrected chi connectivity index (χ3v) is 8.95. The van der Waals surface area contributed by atoms with E-state index in [1.807, 2.05) is 30.3 Å². The molecule has 1 aliphatic heterocycles. The molecule has 4 rings (SSSR count). The highest BCUT2D eigenvalue weighted by Crippen LogP contribution is 2.27. The van der Waals surface area contributed by atoms with Crippen LogP contribution in [0.25, 0.3) is 0 Å². The van der Waals surface area contributed by atoms with Gasteiger partial charge in [-0.15, -0.1) is 0 Å². The number of rotatable bonds is 8. The molecule has 180 valence electrons. The van der Waals surface area contributed by atoms with Crippen molar-refractivity contribution in [1.82, 2.24) is 9.03 Å². The summed E-state index contributed by atoms with van der Waals surface area (Å²) in [6, 6.07) is 21.0. The van der Waals surface area contributed by atoms with Crippen LogP contribution in [-0.4, -0.2) is 54.6 Å². The van der Waals surface area contributed by atoms with Gasteiger partial charge in [-0.2, -0.15) is 9.03 Å². The summed E-state index contributed by atoms with van der Waals surface area (Å²) >= 11 is 0. The Morgan fingerprint density at radius 1 is 0.794 bits per heavy atom. The smallest absolute Gasteiger partial charge is 0.243 e. The summed E-state index contributed by atoms with van der Waals surface area (Å²) in [4.78, 5) is 0.0194. The van der Waals surface area contributed by atoms with Crippen LogP contribution in [0, 0.1) is 0 Å². The van der Waals surface area contributed by atoms with Crippen molar-refractivity contribution in [2.75, 3.05) is 33.4 Å². The molecule has 34 heavy (non-hydrogen) atoms. The van der Waals surface area contributed by atoms with Gasteiger partial charge in [0, 0.05) is 13.1 Å². The number of ether oxygens (including phenoxy) is 2. The van der Waals surface area contributed by atoms with Gasteiger partial charge in [0.2, 0.25) is 20.0 Å². The second-order valence-electron chi connectivity index (χ2n) is 7.73. The zero-order valence-corrected chi connectivity index (χ0v) is 20.3. The lowest BCUT2D eigenvalue weighted by atomic mass is 10.00. The van der Waals surface area contributed by atoms with E-state index in [2.05, 4.69) is 4.72 Å². The third-order valence-electron chi connectivity index (χ3n) is 5.60. The molecule has 0 amide bonds. The van der Waals surface area contributed by atoms with Gasteiger partial charge in [0.05, 0.1) is 36.2 Å². The molecule has 0 saturated carbocycles. The lowest BCUT2D eigenvalue weighted by Crippen LogP contribution is -2.40. The summed E-state index contributed by atoms with van der Waals surface area (Å²) in [5, 5.41) is 0. The van der Waals surface area contributed by atoms with Crippen molar-refractivity contribution in [3.8, 4) is 5.75 Å². The molecular formula is C24H26N2O6S2. The van der Waals surface area contributed by atoms with Crippen LogP contribution in [0.4, 0.5) is 0 Å². The number of nitrogens with zero attached hydrogens (tertiary/aromatic N) is 1. The monoisotopic (exact) mass is 502 g/mol. The molecule has 1 unspecified atom stereocenters. The van der Waals surface area contributed by atoms with Crippen LogP contribution in [0.3, 0.4) is 0 Å². The first-order valence-electron chi connectivity index (χ1n) is 10.7. The minimum absolute atomic E-state index is 0.0251. The minimum atomic E-state index is -3.97. The van der Waals surface area contributed by atoms with Gasteiger partial charge in [-0.05, 0) is 47.5 Å². The van der Waals surface area contributed by atoms with Gasteiger partial charge in [-0.3, -0.25) is 0 Å². The molecule has 1 heterocycles. The van der Waals surface area contributed by atoms with Gasteiger partial charge < -0.3 is 9.47 Å². The Balaban J connectivity index is 1.61. The fourth-order valence-electron chi connectivity index (χ4n) is 3.72. The fraction of sp³-hybridized carbons (Fsp3) is 0.250. The second kappa shape index (κ2) is 10.2. The molecule has 1 N–H and O–H groups in total. The molecular weight excluding hydrogens is 476 g/mol. The standard InChI is InChI=1S/C24H26N2O6S2/c1-31-21-9-7-20(8-10-21)24(19-5-3-2-4-6-19)25-33(27,28)22-11-13-23(14-12-22)34(29,30)26-15-17-32-18-16-26/h2-14,24-25H,15-18H2,1H3. The molecule has 1 atom stereocenters. The minimum Gasteiger partial charge on any atom is -0.497 e. The third kappa shape index (κ3) is 5.31. The predicted molar refractivity (Wildman–Crippen MR) is 128 cm³/mol. The Bertz CT molecular complexity index is 1300. The largest absolute Gasteiger partial charge is 0.497 e. The Kier molecular flexibility index (Phi) is 7.34. The lowest BCUT2D eigenvalue weighted by molar-refractivity contribution is 0.0730. The van der Waals surface area contributed by atoms with E-state index in [-0.39, 0.29) is 22.9 Å². The van der Waals surface area contributed by atoms with Crippen LogP contribution < -0.4 is 9.46 Å². The number of hydrogen-bond donors (Lipinski definition) is 1. The quantitative estimate of drug-likeness (QED) is 0.508. The Hall–Kier alpha value is -2.76. The molecule has 3 aromatic rings. The van der Waals surface area contributed by atoms with Crippen LogP contribution in [-0.2, 0) is 24.8 Å². The Morgan fingerprint density at radius 2 is 1.35 bits per heavy atom. The summed E-state index contributed by atoms with van der Waals surface area (Å²) < 4.78 is 66.7. The maximum atomic E-state index is 13.3. The summed E-state index contributed by atoms with van der Waals surface area (Å²) in [5.41, 5.74) is 1.50. The molecule has 1 aliphatic rings. The zero-order valence-electron chi connectivity index (χ0n) is 18.6. The summed E-state index contributed by atoms with van der Waals surface area (Å²) in [5.74, 6) is 0.662. The van der Waals surface area contributed by atoms with Crippen molar-refractivity contribution in [2.45, 2.75) is 15.8 Å². The number of sulfonamides is 2. The molecule has 0 bridgehead atoms. The van der Waals surface area contributed by atoms with Crippen molar-refractivity contribution in [3.63, 3.8) is 0 Å². The molecule has 1 fully saturated rings. The van der Waals surface area contributed by atoms with Crippen molar-refractivity contribution in [3.05, 3.63) is 90.0 Å². The topological polar surface area (TPSA) is 102 Å². The zero-order chi connectivity index (χ0) is 24.2. The van der Waals surface area contributed by atoms with E-state index in [0.29, 0.717) is 19.0 Å². The van der Waals surface area contributed by atoms with E-state index in [1.165, 1.54) is 28.6 Å².